The largest absolute Gasteiger partial charge is 0.419 e. The Labute approximate surface area is 44.8 Å². The monoisotopic (exact) mass is 398 g/mol. The van der Waals surface area contributed by atoms with Gasteiger partial charge in [0.2, 0.25) is 0 Å². The van der Waals surface area contributed by atoms with Crippen LogP contribution in [0, 0.1) is 6.43 Å². The molecule has 2 nitrogen and oxygen atoms in total. The van der Waals surface area contributed by atoms with Crippen LogP contribution in [0.3, 0.4) is 0 Å². The van der Waals surface area contributed by atoms with Crippen molar-refractivity contribution in [2.45, 2.75) is 0 Å². The SMILES string of the molecule is COC[C-](F)F.OF.[Rf]. The van der Waals surface area contributed by atoms with E-state index in [1.54, 1.807) is 0 Å². The number of halogens is 3. The van der Waals surface area contributed by atoms with Crippen molar-refractivity contribution in [3.63, 3.8) is 0 Å². The van der Waals surface area contributed by atoms with Gasteiger partial charge in [-0.15, -0.1) is 0 Å². The Bertz CT molecular complexity index is 38.2. The second kappa shape index (κ2) is 15.9. The molecule has 0 aromatic carbocycles. The number of rotatable bonds is 2. The zero-order chi connectivity index (χ0) is 6.99. The molecule has 0 aromatic rings. The Balaban J connectivity index is -0.000000109. The van der Waals surface area contributed by atoms with Gasteiger partial charge in [0.15, 0.2) is 0 Å². The quantitative estimate of drug-likeness (QED) is 0.702. The van der Waals surface area contributed by atoms with Crippen LogP contribution in [-0.4, -0.2) is 19.0 Å². The van der Waals surface area contributed by atoms with Crippen LogP contribution in [0.2, 0.25) is 0 Å². The van der Waals surface area contributed by atoms with Crippen LogP contribution in [0.4, 0.5) is 13.3 Å². The number of methoxy groups -OCH3 is 1. The number of hydrogen-bond acceptors (Lipinski definition) is 2. The molecule has 0 aliphatic carbocycles. The van der Waals surface area contributed by atoms with Crippen molar-refractivity contribution in [3.05, 3.63) is 6.43 Å². The maximum absolute atomic E-state index is 10.8. The Kier molecular flexibility index (Phi) is 27.6. The van der Waals surface area contributed by atoms with Gasteiger partial charge in [-0.2, -0.15) is 0 Å². The van der Waals surface area contributed by atoms with Crippen LogP contribution in [-0.2, 0) is 4.74 Å². The third-order valence-corrected chi connectivity index (χ3v) is 0.253. The first-order valence-corrected chi connectivity index (χ1v) is 1.60. The van der Waals surface area contributed by atoms with Crippen LogP contribution >= 0.6 is 0 Å². The Hall–Kier alpha value is -1.29. The summed E-state index contributed by atoms with van der Waals surface area (Å²) in [6.07, 6.45) is -1.68. The molecule has 0 fully saturated rings. The Morgan fingerprint density at radius 2 is 1.78 bits per heavy atom. The fraction of sp³-hybridized carbons (Fsp3) is 0.667. The Morgan fingerprint density at radius 3 is 1.78 bits per heavy atom. The van der Waals surface area contributed by atoms with Crippen LogP contribution in [0.5, 0.6) is 0 Å². The van der Waals surface area contributed by atoms with Crippen molar-refractivity contribution in [2.24, 2.45) is 0 Å². The molecule has 0 saturated heterocycles. The fourth-order valence-electron chi connectivity index (χ4n) is 0.109. The molecule has 0 aliphatic heterocycles. The minimum absolute atomic E-state index is 0. The van der Waals surface area contributed by atoms with Crippen LogP contribution in [0.25, 0.3) is 0 Å². The van der Waals surface area contributed by atoms with E-state index < -0.39 is 13.0 Å². The van der Waals surface area contributed by atoms with Crippen LogP contribution < -0.4 is 0 Å². The number of hydrogen-bond donors (Lipinski definition) is 1. The summed E-state index contributed by atoms with van der Waals surface area (Å²) in [7, 11) is 1.22. The summed E-state index contributed by atoms with van der Waals surface area (Å²) in [5.74, 6) is 0. The van der Waals surface area contributed by atoms with Crippen LogP contribution in [0.1, 0.15) is 0 Å². The fourth-order valence-corrected chi connectivity index (χ4v) is 0.109. The predicted molar refractivity (Wildman–Crippen MR) is 20.7 cm³/mol. The Morgan fingerprint density at radius 1 is 1.44 bits per heavy atom. The molecule has 6 heteroatoms. The van der Waals surface area contributed by atoms with Gasteiger partial charge >= 0.3 is 0 Å². The normalized spacial score (nSPS) is 7.33. The molecule has 0 atom stereocenters. The molecule has 0 unspecified atom stereocenters. The van der Waals surface area contributed by atoms with Gasteiger partial charge in [-0.3, -0.25) is 0 Å². The summed E-state index contributed by atoms with van der Waals surface area (Å²) in [5.41, 5.74) is 0. The van der Waals surface area contributed by atoms with Crippen molar-refractivity contribution in [3.8, 4) is 0 Å². The van der Waals surface area contributed by atoms with E-state index in [2.05, 4.69) is 4.74 Å². The summed E-state index contributed by atoms with van der Waals surface area (Å²) >= 11 is 0. The first kappa shape index (κ1) is 15.6. The summed E-state index contributed by atoms with van der Waals surface area (Å²) in [6.45, 7) is -0.542. The van der Waals surface area contributed by atoms with E-state index >= 15 is 0 Å². The zero-order valence-electron chi connectivity index (χ0n) is 4.90. The summed E-state index contributed by atoms with van der Waals surface area (Å²) in [5, 5.41) is 5.50. The first-order valence-electron chi connectivity index (χ1n) is 1.60. The van der Waals surface area contributed by atoms with Gasteiger partial charge in [-0.25, -0.2) is 5.31 Å². The molecule has 1 N–H and O–H groups in total. The molecule has 54 valence electrons. The van der Waals surface area contributed by atoms with Crippen molar-refractivity contribution >= 4 is 0 Å². The van der Waals surface area contributed by atoms with Gasteiger partial charge in [0.25, 0.3) is 0 Å². The van der Waals surface area contributed by atoms with Crippen molar-refractivity contribution in [1.82, 2.24) is 0 Å². The van der Waals surface area contributed by atoms with Gasteiger partial charge < -0.3 is 13.5 Å². The van der Waals surface area contributed by atoms with Gasteiger partial charge in [0.05, 0.1) is 0 Å². The van der Waals surface area contributed by atoms with Gasteiger partial charge in [0, 0.05) is 13.5 Å². The molecule has 0 aromatic heterocycles. The van der Waals surface area contributed by atoms with E-state index in [-0.39, 0.29) is 0 Å². The topological polar surface area (TPSA) is 29.5 Å². The third kappa shape index (κ3) is 50.9. The van der Waals surface area contributed by atoms with Crippen molar-refractivity contribution in [2.75, 3.05) is 13.7 Å². The molecule has 0 spiro atoms. The second-order valence-electron chi connectivity index (χ2n) is 0.772. The maximum atomic E-state index is 10.8. The first-order chi connectivity index (χ1) is 3.77. The molecular formula is C3H6F3O2Rf-. The van der Waals surface area contributed by atoms with E-state index in [1.165, 1.54) is 7.11 Å². The van der Waals surface area contributed by atoms with Crippen molar-refractivity contribution < 1.29 is 23.4 Å². The molecular weight excluding hydrogens is 392 g/mol. The van der Waals surface area contributed by atoms with E-state index in [0.29, 0.717) is 0 Å². The van der Waals surface area contributed by atoms with Crippen LogP contribution in [0.15, 0.2) is 0 Å². The molecule has 9 heavy (non-hydrogen) atoms. The summed E-state index contributed by atoms with van der Waals surface area (Å²) in [6, 6.07) is 0. The van der Waals surface area contributed by atoms with E-state index in [9.17, 15) is 8.78 Å². The average molecular weight is 398 g/mol. The summed E-state index contributed by atoms with van der Waals surface area (Å²) in [4.78, 5) is 0. The maximum Gasteiger partial charge on any atom is 0.0321 e. The second-order valence-corrected chi connectivity index (χ2v) is 0.772. The molecule has 0 saturated carbocycles. The van der Waals surface area contributed by atoms with E-state index in [0.717, 1.165) is 0 Å². The predicted octanol–water partition coefficient (Wildman–Crippen LogP) is 0.924. The number of ether oxygens (including phenoxy) is 1. The molecule has 0 rings (SSSR count). The smallest absolute Gasteiger partial charge is 0.0321 e. The molecule has 0 radical (unpaired) electrons. The molecule has 0 heterocycles. The molecule has 0 bridgehead atoms. The zero-order valence-corrected chi connectivity index (χ0v) is 11.3. The average Bonchev–Trinajstić information content (AvgIpc) is 1.72. The third-order valence-electron chi connectivity index (χ3n) is 0.253. The summed E-state index contributed by atoms with van der Waals surface area (Å²) < 4.78 is 34.2. The molecule has 0 amide bonds. The minimum atomic E-state index is -1.68. The van der Waals surface area contributed by atoms with E-state index in [1.807, 2.05) is 0 Å². The molecule has 0 aliphatic rings. The standard InChI is InChI=1S/C3H5F2O.FHO.Rf/c1-6-2-3(4)5;1-2;/h2H2,1H3;2H;/q-1;;. The minimum Gasteiger partial charge on any atom is -0.419 e. The van der Waals surface area contributed by atoms with Gasteiger partial charge in [-0.05, 0) is 6.61 Å². The van der Waals surface area contributed by atoms with Crippen molar-refractivity contribution in [1.29, 1.82) is 0 Å². The van der Waals surface area contributed by atoms with E-state index in [4.69, 9.17) is 9.84 Å². The van der Waals surface area contributed by atoms with Gasteiger partial charge in [0.1, 0.15) is 0 Å². The van der Waals surface area contributed by atoms with Gasteiger partial charge in [-0.1, -0.05) is 4.53 Å².